The van der Waals surface area contributed by atoms with Crippen LogP contribution in [0.25, 0.3) is 17.1 Å². The second kappa shape index (κ2) is 7.96. The molecule has 0 saturated carbocycles. The van der Waals surface area contributed by atoms with Crippen molar-refractivity contribution in [2.45, 2.75) is 26.6 Å². The number of halogens is 1. The number of anilines is 1. The lowest BCUT2D eigenvalue weighted by Crippen LogP contribution is -2.16. The highest BCUT2D eigenvalue weighted by molar-refractivity contribution is 6.83. The van der Waals surface area contributed by atoms with Crippen molar-refractivity contribution < 1.29 is 4.79 Å². The second-order valence-electron chi connectivity index (χ2n) is 7.31. The van der Waals surface area contributed by atoms with E-state index in [1.807, 2.05) is 12.1 Å². The monoisotopic (exact) mass is 409 g/mol. The van der Waals surface area contributed by atoms with Gasteiger partial charge in [-0.3, -0.25) is 14.9 Å². The summed E-state index contributed by atoms with van der Waals surface area (Å²) in [4.78, 5) is 20.8. The normalized spacial score (nSPS) is 11.5. The van der Waals surface area contributed by atoms with Crippen molar-refractivity contribution in [1.29, 1.82) is 0 Å². The number of carbonyl (C=O) groups is 1. The Hall–Kier alpha value is -2.95. The van der Waals surface area contributed by atoms with Crippen LogP contribution >= 0.6 is 11.6 Å². The van der Waals surface area contributed by atoms with E-state index < -0.39 is 8.07 Å². The molecule has 0 fully saturated rings. The van der Waals surface area contributed by atoms with Crippen molar-refractivity contribution in [3.8, 4) is 11.5 Å². The van der Waals surface area contributed by atoms with E-state index in [1.54, 1.807) is 19.1 Å². The fraction of sp³-hybridized carbons (Fsp3) is 0.200. The number of aryl methyl sites for hydroxylation is 1. The van der Waals surface area contributed by atoms with Crippen molar-refractivity contribution in [1.82, 2.24) is 20.2 Å². The van der Waals surface area contributed by atoms with Gasteiger partial charge in [0.2, 0.25) is 5.91 Å². The van der Waals surface area contributed by atoms with Gasteiger partial charge in [0, 0.05) is 12.3 Å². The zero-order chi connectivity index (χ0) is 20.3. The van der Waals surface area contributed by atoms with Gasteiger partial charge in [-0.15, -0.1) is 5.54 Å². The molecule has 0 radical (unpaired) electrons. The summed E-state index contributed by atoms with van der Waals surface area (Å²) < 4.78 is 0. The Balaban J connectivity index is 1.76. The van der Waals surface area contributed by atoms with Gasteiger partial charge in [0.1, 0.15) is 13.8 Å². The average Bonchev–Trinajstić information content (AvgIpc) is 3.03. The van der Waals surface area contributed by atoms with E-state index in [2.05, 4.69) is 56.6 Å². The van der Waals surface area contributed by atoms with Crippen LogP contribution in [-0.2, 0) is 4.79 Å². The third-order valence-corrected chi connectivity index (χ3v) is 4.80. The smallest absolute Gasteiger partial charge is 0.248 e. The number of hydrogen-bond donors (Lipinski definition) is 2. The zero-order valence-electron chi connectivity index (χ0n) is 16.1. The molecule has 0 aromatic carbocycles. The van der Waals surface area contributed by atoms with E-state index in [9.17, 15) is 4.79 Å². The molecule has 0 aliphatic heterocycles. The molecule has 3 aromatic heterocycles. The van der Waals surface area contributed by atoms with E-state index in [-0.39, 0.29) is 5.91 Å². The van der Waals surface area contributed by atoms with Crippen LogP contribution in [0.15, 0.2) is 30.5 Å². The van der Waals surface area contributed by atoms with Crippen molar-refractivity contribution >= 4 is 48.4 Å². The molecular weight excluding hydrogens is 390 g/mol. The predicted molar refractivity (Wildman–Crippen MR) is 116 cm³/mol. The lowest BCUT2D eigenvalue weighted by atomic mass is 10.2. The first-order valence-corrected chi connectivity index (χ1v) is 12.6. The van der Waals surface area contributed by atoms with E-state index in [1.165, 1.54) is 12.3 Å². The number of amides is 1. The van der Waals surface area contributed by atoms with Crippen LogP contribution in [0.2, 0.25) is 24.7 Å². The first kappa shape index (κ1) is 19.8. The highest BCUT2D eigenvalue weighted by Crippen LogP contribution is 2.18. The van der Waals surface area contributed by atoms with Gasteiger partial charge in [-0.2, -0.15) is 5.10 Å². The molecule has 0 unspecified atom stereocenters. The van der Waals surface area contributed by atoms with Crippen molar-refractivity contribution in [3.63, 3.8) is 0 Å². The Bertz CT molecular complexity index is 1130. The summed E-state index contributed by atoms with van der Waals surface area (Å²) in [6, 6.07) is 5.39. The maximum Gasteiger partial charge on any atom is 0.248 e. The maximum absolute atomic E-state index is 12.2. The molecule has 8 heteroatoms. The molecule has 28 heavy (non-hydrogen) atoms. The van der Waals surface area contributed by atoms with Gasteiger partial charge in [-0.1, -0.05) is 37.2 Å². The number of aromatic nitrogens is 4. The van der Waals surface area contributed by atoms with Gasteiger partial charge in [0.15, 0.2) is 5.65 Å². The Morgan fingerprint density at radius 3 is 2.86 bits per heavy atom. The summed E-state index contributed by atoms with van der Waals surface area (Å²) in [6.07, 6.45) is 4.58. The SMILES string of the molecule is Cc1ncc(Cl)cc1NC(=O)/C=C/c1ccc2c(C#C[Si](C)(C)C)n[nH]c2n1. The predicted octanol–water partition coefficient (Wildman–Crippen LogP) is 4.20. The van der Waals surface area contributed by atoms with Gasteiger partial charge in [0.05, 0.1) is 27.5 Å². The average molecular weight is 410 g/mol. The molecule has 3 aromatic rings. The molecule has 6 nitrogen and oxygen atoms in total. The van der Waals surface area contributed by atoms with E-state index in [4.69, 9.17) is 11.6 Å². The minimum atomic E-state index is -1.48. The fourth-order valence-electron chi connectivity index (χ4n) is 2.32. The molecule has 0 bridgehead atoms. The summed E-state index contributed by atoms with van der Waals surface area (Å²) >= 11 is 5.92. The third kappa shape index (κ3) is 5.06. The lowest BCUT2D eigenvalue weighted by molar-refractivity contribution is -0.111. The second-order valence-corrected chi connectivity index (χ2v) is 12.5. The molecule has 2 N–H and O–H groups in total. The zero-order valence-corrected chi connectivity index (χ0v) is 17.8. The number of fused-ring (bicyclic) bond motifs is 1. The number of carbonyl (C=O) groups excluding carboxylic acids is 1. The summed E-state index contributed by atoms with van der Waals surface area (Å²) in [5.41, 5.74) is 6.53. The van der Waals surface area contributed by atoms with Gasteiger partial charge < -0.3 is 5.32 Å². The quantitative estimate of drug-likeness (QED) is 0.386. The lowest BCUT2D eigenvalue weighted by Gasteiger charge is -2.05. The summed E-state index contributed by atoms with van der Waals surface area (Å²) in [7, 11) is -1.48. The van der Waals surface area contributed by atoms with Crippen LogP contribution in [0.3, 0.4) is 0 Å². The van der Waals surface area contributed by atoms with Crippen LogP contribution in [0, 0.1) is 18.4 Å². The Kier molecular flexibility index (Phi) is 5.63. The molecule has 3 heterocycles. The first-order valence-electron chi connectivity index (χ1n) is 8.71. The van der Waals surface area contributed by atoms with Crippen LogP contribution < -0.4 is 5.32 Å². The van der Waals surface area contributed by atoms with Crippen LogP contribution in [0.4, 0.5) is 5.69 Å². The van der Waals surface area contributed by atoms with Gasteiger partial charge in [0.25, 0.3) is 0 Å². The molecular formula is C20H20ClN5OSi. The molecule has 142 valence electrons. The molecule has 0 aliphatic carbocycles. The number of nitrogens with one attached hydrogen (secondary N) is 2. The molecule has 0 saturated heterocycles. The standard InChI is InChI=1S/C20H20ClN5OSi/c1-13-18(11-14(21)12-22-13)24-19(27)8-6-15-5-7-16-17(9-10-28(2,3)4)25-26-20(16)23-15/h5-8,11-12H,1-4H3,(H,24,27)(H,23,25,26)/b8-6+. The van der Waals surface area contributed by atoms with E-state index >= 15 is 0 Å². The number of pyridine rings is 2. The molecule has 0 atom stereocenters. The summed E-state index contributed by atoms with van der Waals surface area (Å²) in [5.74, 6) is 2.85. The Morgan fingerprint density at radius 2 is 2.11 bits per heavy atom. The molecule has 1 amide bonds. The number of H-pyrrole nitrogens is 1. The summed E-state index contributed by atoms with van der Waals surface area (Å²) in [5, 5.41) is 11.2. The minimum Gasteiger partial charge on any atom is -0.321 e. The third-order valence-electron chi connectivity index (χ3n) is 3.72. The van der Waals surface area contributed by atoms with Crippen molar-refractivity contribution in [2.75, 3.05) is 5.32 Å². The molecule has 0 spiro atoms. The molecule has 3 rings (SSSR count). The topological polar surface area (TPSA) is 83.6 Å². The highest BCUT2D eigenvalue weighted by Gasteiger charge is 2.10. The Morgan fingerprint density at radius 1 is 1.32 bits per heavy atom. The summed E-state index contributed by atoms with van der Waals surface area (Å²) in [6.45, 7) is 8.35. The van der Waals surface area contributed by atoms with E-state index in [0.29, 0.717) is 33.4 Å². The first-order chi connectivity index (χ1) is 13.2. The van der Waals surface area contributed by atoms with Crippen LogP contribution in [-0.4, -0.2) is 34.1 Å². The maximum atomic E-state index is 12.2. The number of aromatic amines is 1. The van der Waals surface area contributed by atoms with Gasteiger partial charge >= 0.3 is 0 Å². The van der Waals surface area contributed by atoms with Crippen molar-refractivity contribution in [3.05, 3.63) is 52.6 Å². The van der Waals surface area contributed by atoms with Gasteiger partial charge in [-0.25, -0.2) is 4.98 Å². The molecule has 0 aliphatic rings. The number of rotatable bonds is 3. The van der Waals surface area contributed by atoms with Gasteiger partial charge in [-0.05, 0) is 31.2 Å². The largest absolute Gasteiger partial charge is 0.321 e. The Labute approximate surface area is 169 Å². The van der Waals surface area contributed by atoms with Crippen LogP contribution in [0.1, 0.15) is 17.1 Å². The fourth-order valence-corrected chi connectivity index (χ4v) is 2.98. The minimum absolute atomic E-state index is 0.291. The highest BCUT2D eigenvalue weighted by atomic mass is 35.5. The van der Waals surface area contributed by atoms with E-state index in [0.717, 1.165) is 5.39 Å². The van der Waals surface area contributed by atoms with Crippen molar-refractivity contribution in [2.24, 2.45) is 0 Å². The number of hydrogen-bond acceptors (Lipinski definition) is 4. The number of nitrogens with zero attached hydrogens (tertiary/aromatic N) is 3. The van der Waals surface area contributed by atoms with Crippen LogP contribution in [0.5, 0.6) is 0 Å².